The van der Waals surface area contributed by atoms with Gasteiger partial charge in [-0.2, -0.15) is 13.2 Å². The third-order valence-corrected chi connectivity index (χ3v) is 2.44. The van der Waals surface area contributed by atoms with Crippen molar-refractivity contribution in [3.8, 4) is 0 Å². The van der Waals surface area contributed by atoms with Crippen molar-refractivity contribution in [2.24, 2.45) is 0 Å². The van der Waals surface area contributed by atoms with Crippen LogP contribution in [-0.2, 0) is 17.5 Å². The van der Waals surface area contributed by atoms with E-state index in [2.05, 4.69) is 10.4 Å². The molecule has 0 fully saturated rings. The summed E-state index contributed by atoms with van der Waals surface area (Å²) in [6.45, 7) is 5.26. The first kappa shape index (κ1) is 15.4. The lowest BCUT2D eigenvalue weighted by Gasteiger charge is -2.25. The van der Waals surface area contributed by atoms with Gasteiger partial charge in [0.1, 0.15) is 0 Å². The minimum Gasteiger partial charge on any atom is -0.275 e. The van der Waals surface area contributed by atoms with E-state index >= 15 is 0 Å². The summed E-state index contributed by atoms with van der Waals surface area (Å²) in [5, 5.41) is 1.40. The van der Waals surface area contributed by atoms with Gasteiger partial charge in [-0.1, -0.05) is 0 Å². The first-order chi connectivity index (χ1) is 8.71. The summed E-state index contributed by atoms with van der Waals surface area (Å²) in [7, 11) is 0. The average molecular weight is 275 g/mol. The van der Waals surface area contributed by atoms with Crippen LogP contribution in [0.15, 0.2) is 18.3 Å². The van der Waals surface area contributed by atoms with Crippen LogP contribution in [0.25, 0.3) is 0 Å². The Balaban J connectivity index is 2.66. The van der Waals surface area contributed by atoms with Gasteiger partial charge >= 0.3 is 6.18 Å². The molecule has 0 spiro atoms. The molecule has 0 aromatic carbocycles. The Labute approximate surface area is 109 Å². The fourth-order valence-corrected chi connectivity index (χ4v) is 1.52. The highest BCUT2D eigenvalue weighted by Gasteiger charge is 2.30. The maximum absolute atomic E-state index is 12.3. The lowest BCUT2D eigenvalue weighted by Crippen LogP contribution is -2.45. The van der Waals surface area contributed by atoms with Crippen LogP contribution in [0.1, 0.15) is 32.0 Å². The molecule has 0 saturated carbocycles. The van der Waals surface area contributed by atoms with Crippen LogP contribution in [0, 0.1) is 0 Å². The summed E-state index contributed by atoms with van der Waals surface area (Å²) in [6, 6.07) is 2.21. The molecule has 7 heteroatoms. The zero-order valence-corrected chi connectivity index (χ0v) is 11.0. The van der Waals surface area contributed by atoms with Gasteiger partial charge in [-0.15, -0.1) is 0 Å². The number of hydrazine groups is 1. The third-order valence-electron chi connectivity index (χ3n) is 2.44. The molecule has 0 aliphatic heterocycles. The molecule has 0 radical (unpaired) electrons. The molecule has 1 amide bonds. The molecule has 1 N–H and O–H groups in total. The van der Waals surface area contributed by atoms with Crippen molar-refractivity contribution in [2.75, 3.05) is 0 Å². The van der Waals surface area contributed by atoms with Gasteiger partial charge in [0.2, 0.25) is 5.91 Å². The van der Waals surface area contributed by atoms with Crippen LogP contribution in [0.5, 0.6) is 0 Å². The number of amides is 1. The number of hydrogen-bond acceptors (Lipinski definition) is 3. The number of carbonyl (C=O) groups excluding carboxylic acids is 1. The highest BCUT2D eigenvalue weighted by Crippen LogP contribution is 2.28. The van der Waals surface area contributed by atoms with Crippen molar-refractivity contribution in [3.05, 3.63) is 29.6 Å². The van der Waals surface area contributed by atoms with Gasteiger partial charge in [0.15, 0.2) is 0 Å². The quantitative estimate of drug-likeness (QED) is 0.858. The molecule has 1 heterocycles. The maximum Gasteiger partial charge on any atom is 0.417 e. The van der Waals surface area contributed by atoms with E-state index in [-0.39, 0.29) is 18.5 Å². The van der Waals surface area contributed by atoms with E-state index in [1.807, 2.05) is 13.8 Å². The number of alkyl halides is 3. The molecule has 0 aliphatic rings. The molecule has 1 aromatic rings. The van der Waals surface area contributed by atoms with E-state index in [0.29, 0.717) is 5.69 Å². The first-order valence-corrected chi connectivity index (χ1v) is 5.77. The van der Waals surface area contributed by atoms with Crippen LogP contribution in [0.4, 0.5) is 13.2 Å². The highest BCUT2D eigenvalue weighted by molar-refractivity contribution is 5.72. The standard InChI is InChI=1S/C12H16F3N3O/c1-8(2)18(9(3)19)17-7-11-5-4-10(6-16-11)12(13,14)15/h4-6,8,17H,7H2,1-3H3. The number of nitrogens with one attached hydrogen (secondary N) is 1. The third kappa shape index (κ3) is 4.51. The number of halogens is 3. The van der Waals surface area contributed by atoms with Crippen molar-refractivity contribution < 1.29 is 18.0 Å². The van der Waals surface area contributed by atoms with E-state index in [1.54, 1.807) is 0 Å². The van der Waals surface area contributed by atoms with Crippen molar-refractivity contribution >= 4 is 5.91 Å². The molecule has 1 aromatic heterocycles. The van der Waals surface area contributed by atoms with Crippen LogP contribution in [0.3, 0.4) is 0 Å². The van der Waals surface area contributed by atoms with Crippen LogP contribution in [0.2, 0.25) is 0 Å². The van der Waals surface area contributed by atoms with Crippen LogP contribution < -0.4 is 5.43 Å². The molecule has 0 bridgehead atoms. The van der Waals surface area contributed by atoms with Gasteiger partial charge in [0.25, 0.3) is 0 Å². The SMILES string of the molecule is CC(=O)N(NCc1ccc(C(F)(F)F)cn1)C(C)C. The molecule has 19 heavy (non-hydrogen) atoms. The normalized spacial score (nSPS) is 11.7. The molecule has 4 nitrogen and oxygen atoms in total. The number of rotatable bonds is 4. The summed E-state index contributed by atoms with van der Waals surface area (Å²) in [4.78, 5) is 15.0. The molecule has 0 unspecified atom stereocenters. The Morgan fingerprint density at radius 2 is 2.05 bits per heavy atom. The Morgan fingerprint density at radius 1 is 1.42 bits per heavy atom. The summed E-state index contributed by atoms with van der Waals surface area (Å²) in [5.74, 6) is -0.165. The van der Waals surface area contributed by atoms with Gasteiger partial charge in [0.05, 0.1) is 17.8 Å². The van der Waals surface area contributed by atoms with Gasteiger partial charge in [-0.25, -0.2) is 5.43 Å². The average Bonchev–Trinajstić information content (AvgIpc) is 2.27. The zero-order chi connectivity index (χ0) is 14.6. The zero-order valence-electron chi connectivity index (χ0n) is 11.0. The predicted molar refractivity (Wildman–Crippen MR) is 63.7 cm³/mol. The molecule has 0 atom stereocenters. The lowest BCUT2D eigenvalue weighted by molar-refractivity contribution is -0.137. The maximum atomic E-state index is 12.3. The molecular formula is C12H16F3N3O. The summed E-state index contributed by atoms with van der Waals surface area (Å²) < 4.78 is 37.0. The molecule has 106 valence electrons. The Bertz CT molecular complexity index is 429. The lowest BCUT2D eigenvalue weighted by atomic mass is 10.2. The number of carbonyl (C=O) groups is 1. The number of pyridine rings is 1. The van der Waals surface area contributed by atoms with Gasteiger partial charge in [-0.05, 0) is 26.0 Å². The van der Waals surface area contributed by atoms with Gasteiger partial charge in [-0.3, -0.25) is 14.8 Å². The van der Waals surface area contributed by atoms with Gasteiger partial charge in [0, 0.05) is 19.2 Å². The minimum atomic E-state index is -4.39. The van der Waals surface area contributed by atoms with E-state index < -0.39 is 11.7 Å². The van der Waals surface area contributed by atoms with E-state index in [9.17, 15) is 18.0 Å². The van der Waals surface area contributed by atoms with Gasteiger partial charge < -0.3 is 0 Å². The highest BCUT2D eigenvalue weighted by atomic mass is 19.4. The second-order valence-corrected chi connectivity index (χ2v) is 4.35. The molecule has 0 saturated heterocycles. The van der Waals surface area contributed by atoms with Crippen LogP contribution in [-0.4, -0.2) is 21.9 Å². The smallest absolute Gasteiger partial charge is 0.275 e. The largest absolute Gasteiger partial charge is 0.417 e. The molecule has 1 rings (SSSR count). The van der Waals surface area contributed by atoms with E-state index in [0.717, 1.165) is 12.3 Å². The number of hydrogen-bond donors (Lipinski definition) is 1. The molecule has 0 aliphatic carbocycles. The van der Waals surface area contributed by atoms with Crippen LogP contribution >= 0.6 is 0 Å². The summed E-state index contributed by atoms with van der Waals surface area (Å²) in [5.41, 5.74) is 2.48. The Morgan fingerprint density at radius 3 is 2.42 bits per heavy atom. The topological polar surface area (TPSA) is 45.2 Å². The Kier molecular flexibility index (Phi) is 4.88. The fourth-order valence-electron chi connectivity index (χ4n) is 1.52. The second-order valence-electron chi connectivity index (χ2n) is 4.35. The fraction of sp³-hybridized carbons (Fsp3) is 0.500. The summed E-state index contributed by atoms with van der Waals surface area (Å²) in [6.07, 6.45) is -3.60. The second kappa shape index (κ2) is 6.01. The predicted octanol–water partition coefficient (Wildman–Crippen LogP) is 2.36. The number of aromatic nitrogens is 1. The van der Waals surface area contributed by atoms with Crippen molar-refractivity contribution in [2.45, 2.75) is 39.5 Å². The number of nitrogens with zero attached hydrogens (tertiary/aromatic N) is 2. The van der Waals surface area contributed by atoms with Crippen molar-refractivity contribution in [3.63, 3.8) is 0 Å². The molecular weight excluding hydrogens is 259 g/mol. The Hall–Kier alpha value is -1.63. The van der Waals surface area contributed by atoms with Crippen molar-refractivity contribution in [1.29, 1.82) is 0 Å². The summed E-state index contributed by atoms with van der Waals surface area (Å²) >= 11 is 0. The van der Waals surface area contributed by atoms with Crippen molar-refractivity contribution in [1.82, 2.24) is 15.4 Å². The first-order valence-electron chi connectivity index (χ1n) is 5.77. The van der Waals surface area contributed by atoms with E-state index in [1.165, 1.54) is 18.0 Å². The minimum absolute atomic E-state index is 0.0491. The monoisotopic (exact) mass is 275 g/mol. The van der Waals surface area contributed by atoms with E-state index in [4.69, 9.17) is 0 Å².